The highest BCUT2D eigenvalue weighted by molar-refractivity contribution is 5.98. The van der Waals surface area contributed by atoms with Gasteiger partial charge in [0.25, 0.3) is 5.91 Å². The van der Waals surface area contributed by atoms with Crippen molar-refractivity contribution in [3.63, 3.8) is 0 Å². The molecular weight excluding hydrogens is 406 g/mol. The van der Waals surface area contributed by atoms with E-state index in [9.17, 15) is 14.4 Å². The standard InChI is InChI=1S/C24H25N5O3/c30-22(26-14-18-3-5-19(6-4-18)16-28-13-11-25-17-28)15-27-24(32)20-7-9-21(10-8-20)29-12-1-2-23(29)31/h3-11,13,17H,1-2,12,14-16H2,(H,26,30)(H,27,32). The zero-order chi connectivity index (χ0) is 22.3. The number of benzene rings is 2. The molecule has 3 amide bonds. The molecule has 32 heavy (non-hydrogen) atoms. The third-order valence-corrected chi connectivity index (χ3v) is 5.36. The Morgan fingerprint density at radius 2 is 1.72 bits per heavy atom. The molecular formula is C24H25N5O3. The van der Waals surface area contributed by atoms with Crippen LogP contribution in [0.5, 0.6) is 0 Å². The molecule has 8 heteroatoms. The summed E-state index contributed by atoms with van der Waals surface area (Å²) in [5.41, 5.74) is 3.36. The molecule has 2 aromatic carbocycles. The van der Waals surface area contributed by atoms with Crippen molar-refractivity contribution in [1.29, 1.82) is 0 Å². The Hall–Kier alpha value is -3.94. The number of nitrogens with one attached hydrogen (secondary N) is 2. The summed E-state index contributed by atoms with van der Waals surface area (Å²) in [4.78, 5) is 42.0. The Morgan fingerprint density at radius 1 is 0.969 bits per heavy atom. The van der Waals surface area contributed by atoms with Crippen LogP contribution in [0.3, 0.4) is 0 Å². The van der Waals surface area contributed by atoms with Crippen LogP contribution in [0, 0.1) is 0 Å². The van der Waals surface area contributed by atoms with Gasteiger partial charge >= 0.3 is 0 Å². The zero-order valence-electron chi connectivity index (χ0n) is 17.7. The van der Waals surface area contributed by atoms with E-state index in [0.717, 1.165) is 29.8 Å². The maximum Gasteiger partial charge on any atom is 0.251 e. The quantitative estimate of drug-likeness (QED) is 0.571. The first-order valence-electron chi connectivity index (χ1n) is 10.6. The number of anilines is 1. The predicted molar refractivity (Wildman–Crippen MR) is 120 cm³/mol. The highest BCUT2D eigenvalue weighted by Gasteiger charge is 2.21. The summed E-state index contributed by atoms with van der Waals surface area (Å²) >= 11 is 0. The Balaban J connectivity index is 1.20. The van der Waals surface area contributed by atoms with Crippen molar-refractivity contribution in [3.8, 4) is 0 Å². The topological polar surface area (TPSA) is 96.3 Å². The van der Waals surface area contributed by atoms with Crippen LogP contribution in [0.15, 0.2) is 67.3 Å². The molecule has 1 fully saturated rings. The van der Waals surface area contributed by atoms with E-state index in [-0.39, 0.29) is 24.3 Å². The molecule has 2 N–H and O–H groups in total. The van der Waals surface area contributed by atoms with E-state index in [1.807, 2.05) is 35.0 Å². The number of carbonyl (C=O) groups is 3. The van der Waals surface area contributed by atoms with Crippen LogP contribution >= 0.6 is 0 Å². The Labute approximate surface area is 186 Å². The number of aromatic nitrogens is 2. The van der Waals surface area contributed by atoms with Gasteiger partial charge in [0.15, 0.2) is 0 Å². The minimum absolute atomic E-state index is 0.103. The average molecular weight is 431 g/mol. The van der Waals surface area contributed by atoms with Crippen LogP contribution < -0.4 is 15.5 Å². The largest absolute Gasteiger partial charge is 0.350 e. The molecule has 0 spiro atoms. The molecule has 0 saturated carbocycles. The van der Waals surface area contributed by atoms with Crippen molar-refractivity contribution >= 4 is 23.4 Å². The van der Waals surface area contributed by atoms with Crippen LogP contribution in [0.25, 0.3) is 0 Å². The van der Waals surface area contributed by atoms with Gasteiger partial charge in [-0.05, 0) is 41.8 Å². The molecule has 8 nitrogen and oxygen atoms in total. The minimum atomic E-state index is -0.330. The Bertz CT molecular complexity index is 1080. The lowest BCUT2D eigenvalue weighted by Gasteiger charge is -2.15. The van der Waals surface area contributed by atoms with Gasteiger partial charge in [-0.25, -0.2) is 4.98 Å². The molecule has 164 valence electrons. The SMILES string of the molecule is O=C(CNC(=O)c1ccc(N2CCCC2=O)cc1)NCc1ccc(Cn2ccnc2)cc1. The van der Waals surface area contributed by atoms with Crippen molar-refractivity contribution in [2.45, 2.75) is 25.9 Å². The number of hydrogen-bond acceptors (Lipinski definition) is 4. The van der Waals surface area contributed by atoms with E-state index in [2.05, 4.69) is 15.6 Å². The van der Waals surface area contributed by atoms with Gasteiger partial charge in [0.05, 0.1) is 12.9 Å². The van der Waals surface area contributed by atoms with Crippen LogP contribution in [0.1, 0.15) is 34.3 Å². The minimum Gasteiger partial charge on any atom is -0.350 e. The third kappa shape index (κ3) is 5.40. The second kappa shape index (κ2) is 9.91. The van der Waals surface area contributed by atoms with Crippen molar-refractivity contribution in [3.05, 3.63) is 83.9 Å². The van der Waals surface area contributed by atoms with Gasteiger partial charge in [0.2, 0.25) is 11.8 Å². The first-order valence-corrected chi connectivity index (χ1v) is 10.6. The van der Waals surface area contributed by atoms with E-state index in [0.29, 0.717) is 25.1 Å². The fraction of sp³-hybridized carbons (Fsp3) is 0.250. The highest BCUT2D eigenvalue weighted by atomic mass is 16.2. The van der Waals surface area contributed by atoms with Crippen LogP contribution in [-0.2, 0) is 22.7 Å². The van der Waals surface area contributed by atoms with E-state index in [1.54, 1.807) is 41.7 Å². The molecule has 4 rings (SSSR count). The number of rotatable bonds is 8. The monoisotopic (exact) mass is 431 g/mol. The first-order chi connectivity index (χ1) is 15.6. The summed E-state index contributed by atoms with van der Waals surface area (Å²) in [7, 11) is 0. The van der Waals surface area contributed by atoms with E-state index in [1.165, 1.54) is 0 Å². The maximum absolute atomic E-state index is 12.3. The number of carbonyl (C=O) groups excluding carboxylic acids is 3. The molecule has 0 unspecified atom stereocenters. The van der Waals surface area contributed by atoms with Gasteiger partial charge in [-0.3, -0.25) is 14.4 Å². The molecule has 2 heterocycles. The normalized spacial score (nSPS) is 13.2. The van der Waals surface area contributed by atoms with Gasteiger partial charge in [-0.15, -0.1) is 0 Å². The van der Waals surface area contributed by atoms with Gasteiger partial charge in [0.1, 0.15) is 0 Å². The van der Waals surface area contributed by atoms with Crippen molar-refractivity contribution in [2.75, 3.05) is 18.0 Å². The molecule has 1 aliphatic heterocycles. The summed E-state index contributed by atoms with van der Waals surface area (Å²) < 4.78 is 1.99. The summed E-state index contributed by atoms with van der Waals surface area (Å²) in [5, 5.41) is 5.44. The molecule has 1 aromatic heterocycles. The average Bonchev–Trinajstić information content (AvgIpc) is 3.49. The fourth-order valence-corrected chi connectivity index (χ4v) is 3.59. The highest BCUT2D eigenvalue weighted by Crippen LogP contribution is 2.21. The third-order valence-electron chi connectivity index (χ3n) is 5.36. The summed E-state index contributed by atoms with van der Waals surface area (Å²) in [6.45, 7) is 1.73. The fourth-order valence-electron chi connectivity index (χ4n) is 3.59. The predicted octanol–water partition coefficient (Wildman–Crippen LogP) is 2.10. The van der Waals surface area contributed by atoms with Gasteiger partial charge < -0.3 is 20.1 Å². The summed E-state index contributed by atoms with van der Waals surface area (Å²) in [6, 6.07) is 14.8. The Kier molecular flexibility index (Phi) is 6.60. The number of hydrogen-bond donors (Lipinski definition) is 2. The lowest BCUT2D eigenvalue weighted by atomic mass is 10.1. The van der Waals surface area contributed by atoms with Crippen molar-refractivity contribution in [1.82, 2.24) is 20.2 Å². The lowest BCUT2D eigenvalue weighted by molar-refractivity contribution is -0.120. The summed E-state index contributed by atoms with van der Waals surface area (Å²) in [6.07, 6.45) is 6.84. The lowest BCUT2D eigenvalue weighted by Crippen LogP contribution is -2.36. The molecule has 0 bridgehead atoms. The molecule has 0 atom stereocenters. The molecule has 1 aliphatic rings. The number of amides is 3. The van der Waals surface area contributed by atoms with Crippen molar-refractivity contribution in [2.24, 2.45) is 0 Å². The maximum atomic E-state index is 12.3. The first kappa shape index (κ1) is 21.3. The second-order valence-corrected chi connectivity index (χ2v) is 7.71. The Morgan fingerprint density at radius 3 is 2.38 bits per heavy atom. The zero-order valence-corrected chi connectivity index (χ0v) is 17.7. The van der Waals surface area contributed by atoms with E-state index < -0.39 is 0 Å². The van der Waals surface area contributed by atoms with Gasteiger partial charge in [-0.1, -0.05) is 24.3 Å². The van der Waals surface area contributed by atoms with E-state index in [4.69, 9.17) is 0 Å². The smallest absolute Gasteiger partial charge is 0.251 e. The van der Waals surface area contributed by atoms with E-state index >= 15 is 0 Å². The molecule has 3 aromatic rings. The van der Waals surface area contributed by atoms with Gasteiger partial charge in [-0.2, -0.15) is 0 Å². The number of imidazole rings is 1. The van der Waals surface area contributed by atoms with Crippen LogP contribution in [-0.4, -0.2) is 40.4 Å². The molecule has 0 radical (unpaired) electrons. The summed E-state index contributed by atoms with van der Waals surface area (Å²) in [5.74, 6) is -0.491. The van der Waals surface area contributed by atoms with Gasteiger partial charge in [0, 0.05) is 49.7 Å². The second-order valence-electron chi connectivity index (χ2n) is 7.71. The molecule has 0 aliphatic carbocycles. The number of nitrogens with zero attached hydrogens (tertiary/aromatic N) is 3. The van der Waals surface area contributed by atoms with Crippen molar-refractivity contribution < 1.29 is 14.4 Å². The van der Waals surface area contributed by atoms with Crippen LogP contribution in [0.4, 0.5) is 5.69 Å². The van der Waals surface area contributed by atoms with Crippen LogP contribution in [0.2, 0.25) is 0 Å². The molecule has 1 saturated heterocycles.